The molecule has 2 heteroatoms. The van der Waals surface area contributed by atoms with Gasteiger partial charge in [0.15, 0.2) is 0 Å². The van der Waals surface area contributed by atoms with E-state index in [1.165, 1.54) is 71.2 Å². The van der Waals surface area contributed by atoms with Crippen LogP contribution in [0, 0.1) is 5.92 Å². The van der Waals surface area contributed by atoms with E-state index >= 15 is 0 Å². The first-order chi connectivity index (χ1) is 6.95. The lowest BCUT2D eigenvalue weighted by Gasteiger charge is -2.21. The molecule has 0 amide bonds. The zero-order valence-corrected chi connectivity index (χ0v) is 9.30. The van der Waals surface area contributed by atoms with Gasteiger partial charge >= 0.3 is 0 Å². The standard InChI is InChI=1S/C12H24N2/c1-2-4-9-14(8-3-1)10-6-12-5-7-13-11-12/h12-13H,1-11H2. The topological polar surface area (TPSA) is 15.3 Å². The number of hydrogen-bond acceptors (Lipinski definition) is 2. The Morgan fingerprint density at radius 3 is 2.50 bits per heavy atom. The van der Waals surface area contributed by atoms with Crippen LogP contribution in [0.25, 0.3) is 0 Å². The third-order valence-corrected chi connectivity index (χ3v) is 3.71. The summed E-state index contributed by atoms with van der Waals surface area (Å²) >= 11 is 0. The minimum absolute atomic E-state index is 0.971. The van der Waals surface area contributed by atoms with Crippen LogP contribution in [-0.2, 0) is 0 Å². The van der Waals surface area contributed by atoms with Crippen molar-refractivity contribution in [2.75, 3.05) is 32.7 Å². The fourth-order valence-corrected chi connectivity index (χ4v) is 2.69. The van der Waals surface area contributed by atoms with Gasteiger partial charge in [-0.05, 0) is 64.3 Å². The van der Waals surface area contributed by atoms with Gasteiger partial charge in [-0.1, -0.05) is 12.8 Å². The third-order valence-electron chi connectivity index (χ3n) is 3.71. The van der Waals surface area contributed by atoms with E-state index in [0.29, 0.717) is 0 Å². The summed E-state index contributed by atoms with van der Waals surface area (Å²) < 4.78 is 0. The second-order valence-electron chi connectivity index (χ2n) is 4.90. The highest BCUT2D eigenvalue weighted by Crippen LogP contribution is 2.15. The van der Waals surface area contributed by atoms with Crippen molar-refractivity contribution in [1.82, 2.24) is 10.2 Å². The van der Waals surface area contributed by atoms with Crippen LogP contribution in [0.4, 0.5) is 0 Å². The van der Waals surface area contributed by atoms with Gasteiger partial charge in [-0.2, -0.15) is 0 Å². The fraction of sp³-hybridized carbons (Fsp3) is 1.00. The summed E-state index contributed by atoms with van der Waals surface area (Å²) in [4.78, 5) is 2.69. The second kappa shape index (κ2) is 5.72. The smallest absolute Gasteiger partial charge is 0.00156 e. The predicted octanol–water partition coefficient (Wildman–Crippen LogP) is 1.86. The molecule has 0 aliphatic carbocycles. The molecule has 0 saturated carbocycles. The van der Waals surface area contributed by atoms with Crippen LogP contribution < -0.4 is 5.32 Å². The van der Waals surface area contributed by atoms with Crippen LogP contribution in [0.3, 0.4) is 0 Å². The van der Waals surface area contributed by atoms with Crippen LogP contribution in [0.15, 0.2) is 0 Å². The van der Waals surface area contributed by atoms with Gasteiger partial charge < -0.3 is 10.2 Å². The minimum atomic E-state index is 0.971. The highest BCUT2D eigenvalue weighted by atomic mass is 15.1. The molecule has 1 unspecified atom stereocenters. The number of likely N-dealkylation sites (tertiary alicyclic amines) is 1. The molecule has 2 aliphatic rings. The quantitative estimate of drug-likeness (QED) is 0.741. The Bertz CT molecular complexity index is 144. The Morgan fingerprint density at radius 2 is 1.86 bits per heavy atom. The molecule has 0 spiro atoms. The van der Waals surface area contributed by atoms with Crippen molar-refractivity contribution in [2.24, 2.45) is 5.92 Å². The first-order valence-corrected chi connectivity index (χ1v) is 6.38. The van der Waals surface area contributed by atoms with Crippen molar-refractivity contribution in [3.8, 4) is 0 Å². The molecule has 2 saturated heterocycles. The summed E-state index contributed by atoms with van der Waals surface area (Å²) in [7, 11) is 0. The Labute approximate surface area is 88.1 Å². The van der Waals surface area contributed by atoms with E-state index in [2.05, 4.69) is 10.2 Å². The van der Waals surface area contributed by atoms with Gasteiger partial charge in [0.05, 0.1) is 0 Å². The Morgan fingerprint density at radius 1 is 1.07 bits per heavy atom. The summed E-state index contributed by atoms with van der Waals surface area (Å²) in [5, 5.41) is 3.45. The maximum absolute atomic E-state index is 3.45. The molecule has 2 aliphatic heterocycles. The Balaban J connectivity index is 1.62. The SMILES string of the molecule is C1CCCN(CCC2CCNC2)CC1. The van der Waals surface area contributed by atoms with Gasteiger partial charge in [0.25, 0.3) is 0 Å². The fourth-order valence-electron chi connectivity index (χ4n) is 2.69. The van der Waals surface area contributed by atoms with Gasteiger partial charge in [-0.3, -0.25) is 0 Å². The zero-order chi connectivity index (χ0) is 9.64. The molecular weight excluding hydrogens is 172 g/mol. The van der Waals surface area contributed by atoms with Crippen molar-refractivity contribution in [3.05, 3.63) is 0 Å². The van der Waals surface area contributed by atoms with Gasteiger partial charge in [0, 0.05) is 0 Å². The summed E-state index contributed by atoms with van der Waals surface area (Å²) in [6.07, 6.45) is 8.62. The maximum atomic E-state index is 3.45. The second-order valence-corrected chi connectivity index (χ2v) is 4.90. The lowest BCUT2D eigenvalue weighted by atomic mass is 10.0. The molecule has 2 nitrogen and oxygen atoms in total. The molecule has 0 radical (unpaired) electrons. The maximum Gasteiger partial charge on any atom is -0.00156 e. The average molecular weight is 196 g/mol. The highest BCUT2D eigenvalue weighted by Gasteiger charge is 2.16. The number of nitrogens with zero attached hydrogens (tertiary/aromatic N) is 1. The number of rotatable bonds is 3. The molecule has 0 aromatic carbocycles. The normalized spacial score (nSPS) is 30.4. The highest BCUT2D eigenvalue weighted by molar-refractivity contribution is 4.73. The minimum Gasteiger partial charge on any atom is -0.316 e. The van der Waals surface area contributed by atoms with Crippen molar-refractivity contribution >= 4 is 0 Å². The Hall–Kier alpha value is -0.0800. The summed E-state index contributed by atoms with van der Waals surface area (Å²) in [6, 6.07) is 0. The predicted molar refractivity (Wildman–Crippen MR) is 60.5 cm³/mol. The van der Waals surface area contributed by atoms with Crippen LogP contribution in [0.2, 0.25) is 0 Å². The van der Waals surface area contributed by atoms with E-state index in [0.717, 1.165) is 5.92 Å². The molecule has 0 bridgehead atoms. The van der Waals surface area contributed by atoms with Gasteiger partial charge in [0.2, 0.25) is 0 Å². The van der Waals surface area contributed by atoms with Gasteiger partial charge in [-0.15, -0.1) is 0 Å². The molecule has 14 heavy (non-hydrogen) atoms. The molecule has 82 valence electrons. The molecule has 1 atom stereocenters. The van der Waals surface area contributed by atoms with Crippen LogP contribution in [0.1, 0.15) is 38.5 Å². The van der Waals surface area contributed by atoms with Crippen LogP contribution in [0.5, 0.6) is 0 Å². The van der Waals surface area contributed by atoms with Gasteiger partial charge in [-0.25, -0.2) is 0 Å². The first kappa shape index (κ1) is 10.4. The first-order valence-electron chi connectivity index (χ1n) is 6.38. The van der Waals surface area contributed by atoms with Crippen LogP contribution in [-0.4, -0.2) is 37.6 Å². The molecule has 0 aromatic heterocycles. The number of nitrogens with one attached hydrogen (secondary N) is 1. The summed E-state index contributed by atoms with van der Waals surface area (Å²) in [5.41, 5.74) is 0. The van der Waals surface area contributed by atoms with E-state index in [1.807, 2.05) is 0 Å². The zero-order valence-electron chi connectivity index (χ0n) is 9.30. The van der Waals surface area contributed by atoms with Crippen molar-refractivity contribution in [3.63, 3.8) is 0 Å². The molecule has 2 rings (SSSR count). The molecule has 2 heterocycles. The summed E-state index contributed by atoms with van der Waals surface area (Å²) in [5.74, 6) is 0.971. The molecular formula is C12H24N2. The van der Waals surface area contributed by atoms with E-state index in [4.69, 9.17) is 0 Å². The number of hydrogen-bond donors (Lipinski definition) is 1. The molecule has 1 N–H and O–H groups in total. The molecule has 2 fully saturated rings. The van der Waals surface area contributed by atoms with Gasteiger partial charge in [0.1, 0.15) is 0 Å². The average Bonchev–Trinajstić information content (AvgIpc) is 2.58. The Kier molecular flexibility index (Phi) is 4.26. The van der Waals surface area contributed by atoms with E-state index in [-0.39, 0.29) is 0 Å². The van der Waals surface area contributed by atoms with E-state index in [9.17, 15) is 0 Å². The van der Waals surface area contributed by atoms with E-state index < -0.39 is 0 Å². The third kappa shape index (κ3) is 3.25. The van der Waals surface area contributed by atoms with Crippen molar-refractivity contribution in [1.29, 1.82) is 0 Å². The van der Waals surface area contributed by atoms with Crippen molar-refractivity contribution < 1.29 is 0 Å². The van der Waals surface area contributed by atoms with Crippen molar-refractivity contribution in [2.45, 2.75) is 38.5 Å². The lowest BCUT2D eigenvalue weighted by Crippen LogP contribution is -2.27. The monoisotopic (exact) mass is 196 g/mol. The molecule has 0 aromatic rings. The van der Waals surface area contributed by atoms with Crippen LogP contribution >= 0.6 is 0 Å². The largest absolute Gasteiger partial charge is 0.316 e. The van der Waals surface area contributed by atoms with E-state index in [1.54, 1.807) is 0 Å². The summed E-state index contributed by atoms with van der Waals surface area (Å²) in [6.45, 7) is 6.60. The lowest BCUT2D eigenvalue weighted by molar-refractivity contribution is 0.264.